The number of nitrogens with zero attached hydrogens (tertiary/aromatic N) is 3. The summed E-state index contributed by atoms with van der Waals surface area (Å²) < 4.78 is 2.86. The minimum atomic E-state index is -2.28. The van der Waals surface area contributed by atoms with Gasteiger partial charge in [0.25, 0.3) is 0 Å². The Morgan fingerprint density at radius 2 is 1.16 bits per heavy atom. The third-order valence-corrected chi connectivity index (χ3v) is 44.2. The van der Waals surface area contributed by atoms with Gasteiger partial charge in [0.2, 0.25) is 0 Å². The van der Waals surface area contributed by atoms with Gasteiger partial charge in [-0.05, 0) is 0 Å². The van der Waals surface area contributed by atoms with E-state index in [1.54, 1.807) is 0 Å². The topological polar surface area (TPSA) is 28.0 Å². The van der Waals surface area contributed by atoms with Gasteiger partial charge in [-0.3, -0.25) is 0 Å². The molecular formula is C12H33GeN3Si3. The molecule has 7 heteroatoms. The predicted octanol–water partition coefficient (Wildman–Crippen LogP) is 4.74. The second-order valence-electron chi connectivity index (χ2n) is 9.44. The molecule has 0 unspecified atom stereocenters. The van der Waals surface area contributed by atoms with Crippen molar-refractivity contribution < 1.29 is 0 Å². The molecule has 1 heterocycles. The molecular weight excluding hydrogens is 343 g/mol. The first-order valence-corrected chi connectivity index (χ1v) is 24.0. The Kier molecular flexibility index (Phi) is 4.22. The maximum atomic E-state index is 5.10. The molecule has 3 nitrogen and oxygen atoms in total. The third kappa shape index (κ3) is 2.46. The van der Waals surface area contributed by atoms with Crippen LogP contribution in [-0.2, 0) is 0 Å². The molecule has 0 saturated heterocycles. The van der Waals surface area contributed by atoms with Crippen LogP contribution in [0, 0.1) is 0 Å². The van der Waals surface area contributed by atoms with E-state index in [9.17, 15) is 0 Å². The van der Waals surface area contributed by atoms with E-state index in [2.05, 4.69) is 74.1 Å². The monoisotopic (exact) mass is 377 g/mol. The van der Waals surface area contributed by atoms with Gasteiger partial charge in [0.05, 0.1) is 0 Å². The van der Waals surface area contributed by atoms with Crippen molar-refractivity contribution in [2.45, 2.75) is 74.1 Å². The molecule has 112 valence electrons. The predicted molar refractivity (Wildman–Crippen MR) is 96.9 cm³/mol. The average Bonchev–Trinajstić information content (AvgIpc) is 2.32. The molecule has 0 amide bonds. The summed E-state index contributed by atoms with van der Waals surface area (Å²) in [7, 11) is -4.21. The van der Waals surface area contributed by atoms with Gasteiger partial charge in [0.1, 0.15) is 0 Å². The van der Waals surface area contributed by atoms with Gasteiger partial charge in [-0.1, -0.05) is 0 Å². The van der Waals surface area contributed by atoms with Gasteiger partial charge in [0.15, 0.2) is 0 Å². The van der Waals surface area contributed by atoms with E-state index < -0.39 is 37.9 Å². The first kappa shape index (κ1) is 17.6. The van der Waals surface area contributed by atoms with E-state index in [1.165, 1.54) is 0 Å². The van der Waals surface area contributed by atoms with Crippen molar-refractivity contribution in [3.8, 4) is 0 Å². The van der Waals surface area contributed by atoms with Crippen molar-refractivity contribution in [2.75, 3.05) is 0 Å². The molecule has 0 N–H and O–H groups in total. The van der Waals surface area contributed by atoms with Crippen LogP contribution in [0.4, 0.5) is 0 Å². The minimum absolute atomic E-state index is 0.278. The average molecular weight is 376 g/mol. The summed E-state index contributed by atoms with van der Waals surface area (Å²) in [6.45, 7) is 22.4. The second-order valence-corrected chi connectivity index (χ2v) is 37.1. The fourth-order valence-corrected chi connectivity index (χ4v) is 58.7. The zero-order valence-electron chi connectivity index (χ0n) is 14.8. The maximum absolute atomic E-state index is 5.10. The molecule has 0 saturated carbocycles. The van der Waals surface area contributed by atoms with Gasteiger partial charge in [0, 0.05) is 0 Å². The zero-order valence-corrected chi connectivity index (χ0v) is 19.9. The van der Waals surface area contributed by atoms with E-state index in [0.717, 1.165) is 0 Å². The fourth-order valence-electron chi connectivity index (χ4n) is 4.73. The SMILES string of the molecule is C[Si](C)(C)[N]1N=N[C]([Si](C)(C)C)([Si](C)(C)C)[Ge]1([CH3])[CH3]. The molecule has 1 aliphatic heterocycles. The van der Waals surface area contributed by atoms with Crippen LogP contribution in [0.1, 0.15) is 0 Å². The molecule has 19 heavy (non-hydrogen) atoms. The molecule has 0 fully saturated rings. The van der Waals surface area contributed by atoms with Crippen molar-refractivity contribution in [1.29, 1.82) is 0 Å². The second kappa shape index (κ2) is 4.54. The van der Waals surface area contributed by atoms with E-state index in [-0.39, 0.29) is 3.62 Å². The van der Waals surface area contributed by atoms with Crippen LogP contribution in [0.25, 0.3) is 0 Å². The van der Waals surface area contributed by atoms with E-state index >= 15 is 0 Å². The molecule has 0 spiro atoms. The Labute approximate surface area is 125 Å². The summed E-state index contributed by atoms with van der Waals surface area (Å²) >= 11 is -2.28. The van der Waals surface area contributed by atoms with Crippen molar-refractivity contribution in [3.63, 3.8) is 0 Å². The Morgan fingerprint density at radius 1 is 0.789 bits per heavy atom. The Hall–Kier alpha value is 0.594. The molecule has 0 aromatic heterocycles. The molecule has 0 aromatic carbocycles. The Morgan fingerprint density at radius 3 is 1.32 bits per heavy atom. The number of hydrogen-bond donors (Lipinski definition) is 0. The van der Waals surface area contributed by atoms with E-state index in [1.807, 2.05) is 0 Å². The summed E-state index contributed by atoms with van der Waals surface area (Å²) in [6.07, 6.45) is 0. The first-order chi connectivity index (χ1) is 8.09. The standard InChI is InChI=1S/C12H33GeN3Si3/c1-13(2)12(17(3,4)5,18(6,7)8)14-15-16(13)19(9,10)11/h1-11H3. The summed E-state index contributed by atoms with van der Waals surface area (Å²) in [5, 5.41) is 9.92. The van der Waals surface area contributed by atoms with Crippen LogP contribution in [0.5, 0.6) is 0 Å². The van der Waals surface area contributed by atoms with Crippen LogP contribution in [0.3, 0.4) is 0 Å². The molecule has 0 aromatic rings. The summed E-state index contributed by atoms with van der Waals surface area (Å²) in [5.41, 5.74) is 0. The van der Waals surface area contributed by atoms with Crippen LogP contribution in [0.15, 0.2) is 10.3 Å². The van der Waals surface area contributed by atoms with Gasteiger partial charge in [-0.15, -0.1) is 0 Å². The molecule has 0 atom stereocenters. The first-order valence-electron chi connectivity index (χ1n) is 7.32. The molecule has 1 rings (SSSR count). The number of hydrogen-bond acceptors (Lipinski definition) is 3. The fraction of sp³-hybridized carbons (Fsp3) is 1.00. The normalized spacial score (nSPS) is 23.0. The van der Waals surface area contributed by atoms with Gasteiger partial charge in [-0.25, -0.2) is 0 Å². The van der Waals surface area contributed by atoms with Crippen LogP contribution in [-0.4, -0.2) is 45.1 Å². The van der Waals surface area contributed by atoms with Crippen molar-refractivity contribution in [3.05, 3.63) is 0 Å². The molecule has 0 radical (unpaired) electrons. The third-order valence-electron chi connectivity index (χ3n) is 4.51. The molecule has 1 aliphatic rings. The van der Waals surface area contributed by atoms with Crippen molar-refractivity contribution in [2.24, 2.45) is 10.3 Å². The van der Waals surface area contributed by atoms with E-state index in [4.69, 9.17) is 10.3 Å². The van der Waals surface area contributed by atoms with Crippen molar-refractivity contribution in [1.82, 2.24) is 3.63 Å². The quantitative estimate of drug-likeness (QED) is 0.654. The summed E-state index contributed by atoms with van der Waals surface area (Å²) in [6, 6.07) is 0. The van der Waals surface area contributed by atoms with Gasteiger partial charge in [-0.2, -0.15) is 0 Å². The van der Waals surface area contributed by atoms with Gasteiger partial charge < -0.3 is 0 Å². The zero-order chi connectivity index (χ0) is 15.5. The molecule has 0 aliphatic carbocycles. The van der Waals surface area contributed by atoms with Crippen LogP contribution < -0.4 is 0 Å². The summed E-state index contributed by atoms with van der Waals surface area (Å²) in [5.74, 6) is 5.16. The van der Waals surface area contributed by atoms with Crippen LogP contribution in [0.2, 0.25) is 70.4 Å². The van der Waals surface area contributed by atoms with Crippen molar-refractivity contribution >= 4 is 37.9 Å². The Balaban J connectivity index is 3.52. The van der Waals surface area contributed by atoms with Crippen LogP contribution >= 0.6 is 0 Å². The van der Waals surface area contributed by atoms with Gasteiger partial charge >= 0.3 is 126 Å². The Bertz CT molecular complexity index is 374. The summed E-state index contributed by atoms with van der Waals surface area (Å²) in [4.78, 5) is 0. The number of rotatable bonds is 3. The molecule has 0 bridgehead atoms. The van der Waals surface area contributed by atoms with E-state index in [0.29, 0.717) is 0 Å².